The maximum atomic E-state index is 13.2. The van der Waals surface area contributed by atoms with Crippen molar-refractivity contribution in [3.63, 3.8) is 0 Å². The van der Waals surface area contributed by atoms with E-state index in [1.54, 1.807) is 43.3 Å². The number of aromatic hydroxyl groups is 1. The smallest absolute Gasteiger partial charge is 0.416 e. The van der Waals surface area contributed by atoms with Gasteiger partial charge in [0.25, 0.3) is 5.91 Å². The molecule has 12 heteroatoms. The molecule has 0 spiro atoms. The number of amides is 2. The third kappa shape index (κ3) is 6.01. The number of pyridine rings is 1. The van der Waals surface area contributed by atoms with E-state index < -0.39 is 17.6 Å². The van der Waals surface area contributed by atoms with Crippen molar-refractivity contribution >= 4 is 34.5 Å². The van der Waals surface area contributed by atoms with Crippen LogP contribution in [0.2, 0.25) is 0 Å². The molecule has 0 radical (unpaired) electrons. The number of rotatable bonds is 6. The Morgan fingerprint density at radius 2 is 1.80 bits per heavy atom. The second-order valence-corrected chi connectivity index (χ2v) is 10.6. The molecular weight excluding hydrogens is 585 g/mol. The Morgan fingerprint density at radius 3 is 2.53 bits per heavy atom. The molecule has 224 valence electrons. The molecule has 3 aromatic carbocycles. The minimum absolute atomic E-state index is 0.0716. The Bertz CT molecular complexity index is 2050. The first-order valence-corrected chi connectivity index (χ1v) is 13.8. The van der Waals surface area contributed by atoms with Crippen LogP contribution in [0.1, 0.15) is 39.9 Å². The number of carbonyl (C=O) groups excluding carboxylic acids is 2. The summed E-state index contributed by atoms with van der Waals surface area (Å²) in [6.45, 7) is 1.78. The molecule has 2 amide bonds. The average molecular weight is 609 g/mol. The Balaban J connectivity index is 1.45. The molecule has 9 nitrogen and oxygen atoms in total. The van der Waals surface area contributed by atoms with Crippen molar-refractivity contribution in [3.05, 3.63) is 95.3 Å². The fraction of sp³-hybridized carbons (Fsp3) is 0.152. The first-order valence-electron chi connectivity index (χ1n) is 13.8. The lowest BCUT2D eigenvalue weighted by Crippen LogP contribution is -2.15. The largest absolute Gasteiger partial charge is 0.507 e. The third-order valence-corrected chi connectivity index (χ3v) is 7.43. The maximum Gasteiger partial charge on any atom is 0.416 e. The van der Waals surface area contributed by atoms with Crippen molar-refractivity contribution in [2.75, 3.05) is 10.6 Å². The SMILES string of the molecule is Cc1ccc(C(=O)Nc2cc(C(F)(F)F)ccn2)cc1-c1cc2cnc(NC(=O)C3CC3)nc2c(-c2cccc(C#N)c2)c1O. The predicted octanol–water partition coefficient (Wildman–Crippen LogP) is 6.86. The molecule has 2 aromatic heterocycles. The van der Waals surface area contributed by atoms with Crippen molar-refractivity contribution in [2.45, 2.75) is 25.9 Å². The number of aryl methyl sites for hydroxylation is 1. The van der Waals surface area contributed by atoms with Crippen LogP contribution >= 0.6 is 0 Å². The Labute approximate surface area is 254 Å². The van der Waals surface area contributed by atoms with Gasteiger partial charge in [0, 0.05) is 34.8 Å². The van der Waals surface area contributed by atoms with Gasteiger partial charge in [-0.2, -0.15) is 18.4 Å². The zero-order chi connectivity index (χ0) is 31.9. The highest BCUT2D eigenvalue weighted by Gasteiger charge is 2.31. The molecule has 2 heterocycles. The van der Waals surface area contributed by atoms with Crippen molar-refractivity contribution < 1.29 is 27.9 Å². The van der Waals surface area contributed by atoms with Gasteiger partial charge in [0.15, 0.2) is 0 Å². The number of phenolic OH excluding ortho intramolecular Hbond substituents is 1. The summed E-state index contributed by atoms with van der Waals surface area (Å²) in [5.41, 5.74) is 2.06. The molecule has 45 heavy (non-hydrogen) atoms. The van der Waals surface area contributed by atoms with Gasteiger partial charge >= 0.3 is 6.18 Å². The molecule has 0 aliphatic heterocycles. The van der Waals surface area contributed by atoms with Crippen LogP contribution in [-0.4, -0.2) is 31.9 Å². The minimum atomic E-state index is -4.61. The number of halogens is 3. The second-order valence-electron chi connectivity index (χ2n) is 10.6. The van der Waals surface area contributed by atoms with Crippen molar-refractivity contribution in [3.8, 4) is 34.1 Å². The van der Waals surface area contributed by atoms with E-state index in [4.69, 9.17) is 0 Å². The molecule has 1 fully saturated rings. The van der Waals surface area contributed by atoms with Crippen LogP contribution in [0.25, 0.3) is 33.2 Å². The highest BCUT2D eigenvalue weighted by Crippen LogP contribution is 2.44. The lowest BCUT2D eigenvalue weighted by Gasteiger charge is -2.17. The van der Waals surface area contributed by atoms with Gasteiger partial charge in [0.2, 0.25) is 11.9 Å². The van der Waals surface area contributed by atoms with Gasteiger partial charge in [-0.1, -0.05) is 18.2 Å². The Morgan fingerprint density at radius 1 is 1.00 bits per heavy atom. The molecule has 1 aliphatic rings. The molecular formula is C33H23F3N6O3. The number of fused-ring (bicyclic) bond motifs is 1. The number of nitriles is 1. The van der Waals surface area contributed by atoms with E-state index in [9.17, 15) is 33.1 Å². The molecule has 0 atom stereocenters. The van der Waals surface area contributed by atoms with Gasteiger partial charge < -0.3 is 10.4 Å². The van der Waals surface area contributed by atoms with Crippen LogP contribution in [-0.2, 0) is 11.0 Å². The monoisotopic (exact) mass is 608 g/mol. The van der Waals surface area contributed by atoms with E-state index in [0.717, 1.165) is 31.2 Å². The minimum Gasteiger partial charge on any atom is -0.507 e. The van der Waals surface area contributed by atoms with Gasteiger partial charge in [-0.3, -0.25) is 14.9 Å². The number of anilines is 2. The van der Waals surface area contributed by atoms with Crippen molar-refractivity contribution in [2.24, 2.45) is 5.92 Å². The zero-order valence-electron chi connectivity index (χ0n) is 23.6. The van der Waals surface area contributed by atoms with Gasteiger partial charge in [-0.05, 0) is 78.9 Å². The standard InChI is InChI=1S/C33H23F3N6O3/c1-17-5-6-21(31(45)40-26-14-23(9-10-38-26)33(34,35)36)12-24(17)25-13-22-16-39-32(42-30(44)19-7-8-19)41-28(22)27(29(25)43)20-4-2-3-18(11-20)15-37/h2-6,9-14,16,19,43H,7-8H2,1H3,(H,38,40,45)(H,39,41,42,44). The summed E-state index contributed by atoms with van der Waals surface area (Å²) in [6.07, 6.45) is -0.549. The second kappa shape index (κ2) is 11.3. The van der Waals surface area contributed by atoms with Gasteiger partial charge in [0.05, 0.1) is 28.3 Å². The molecule has 0 bridgehead atoms. The number of benzene rings is 3. The van der Waals surface area contributed by atoms with E-state index in [0.29, 0.717) is 38.7 Å². The van der Waals surface area contributed by atoms with Crippen LogP contribution in [0.15, 0.2) is 73.1 Å². The fourth-order valence-corrected chi connectivity index (χ4v) is 4.93. The number of aromatic nitrogens is 3. The number of alkyl halides is 3. The maximum absolute atomic E-state index is 13.2. The third-order valence-electron chi connectivity index (χ3n) is 7.43. The van der Waals surface area contributed by atoms with Crippen LogP contribution in [0.5, 0.6) is 5.75 Å². The average Bonchev–Trinajstić information content (AvgIpc) is 3.87. The van der Waals surface area contributed by atoms with Gasteiger partial charge in [0.1, 0.15) is 11.6 Å². The number of hydrogen-bond donors (Lipinski definition) is 3. The van der Waals surface area contributed by atoms with Crippen molar-refractivity contribution in [1.29, 1.82) is 5.26 Å². The van der Waals surface area contributed by atoms with Crippen LogP contribution in [0, 0.1) is 24.2 Å². The molecule has 1 saturated carbocycles. The van der Waals surface area contributed by atoms with Gasteiger partial charge in [-0.25, -0.2) is 15.0 Å². The number of nitrogens with zero attached hydrogens (tertiary/aromatic N) is 4. The number of hydrogen-bond acceptors (Lipinski definition) is 7. The van der Waals surface area contributed by atoms with E-state index >= 15 is 0 Å². The Hall–Kier alpha value is -5.83. The van der Waals surface area contributed by atoms with Crippen molar-refractivity contribution in [1.82, 2.24) is 15.0 Å². The summed E-state index contributed by atoms with van der Waals surface area (Å²) in [5.74, 6) is -1.37. The zero-order valence-corrected chi connectivity index (χ0v) is 23.6. The van der Waals surface area contributed by atoms with E-state index in [1.165, 1.54) is 18.3 Å². The summed E-state index contributed by atoms with van der Waals surface area (Å²) >= 11 is 0. The van der Waals surface area contributed by atoms with E-state index in [-0.39, 0.29) is 40.5 Å². The van der Waals surface area contributed by atoms with E-state index in [2.05, 4.69) is 31.7 Å². The highest BCUT2D eigenvalue weighted by molar-refractivity contribution is 6.06. The summed E-state index contributed by atoms with van der Waals surface area (Å²) in [7, 11) is 0. The summed E-state index contributed by atoms with van der Waals surface area (Å²) < 4.78 is 39.5. The van der Waals surface area contributed by atoms with E-state index in [1.807, 2.05) is 0 Å². The number of carbonyl (C=O) groups is 2. The molecule has 6 rings (SSSR count). The highest BCUT2D eigenvalue weighted by atomic mass is 19.4. The topological polar surface area (TPSA) is 141 Å². The normalized spacial score (nSPS) is 12.9. The van der Waals surface area contributed by atoms with Gasteiger partial charge in [-0.15, -0.1) is 0 Å². The lowest BCUT2D eigenvalue weighted by molar-refractivity contribution is -0.137. The van der Waals surface area contributed by atoms with Crippen LogP contribution < -0.4 is 10.6 Å². The molecule has 5 aromatic rings. The fourth-order valence-electron chi connectivity index (χ4n) is 4.93. The first-order chi connectivity index (χ1) is 21.5. The quantitative estimate of drug-likeness (QED) is 0.191. The number of phenols is 1. The molecule has 0 unspecified atom stereocenters. The predicted molar refractivity (Wildman–Crippen MR) is 160 cm³/mol. The molecule has 0 saturated heterocycles. The molecule has 1 aliphatic carbocycles. The van der Waals surface area contributed by atoms with Crippen LogP contribution in [0.4, 0.5) is 24.9 Å². The molecule has 3 N–H and O–H groups in total. The first kappa shape index (κ1) is 29.3. The van der Waals surface area contributed by atoms with Crippen LogP contribution in [0.3, 0.4) is 0 Å². The summed E-state index contributed by atoms with van der Waals surface area (Å²) in [5, 5.41) is 26.9. The summed E-state index contributed by atoms with van der Waals surface area (Å²) in [6, 6.07) is 16.5. The summed E-state index contributed by atoms with van der Waals surface area (Å²) in [4.78, 5) is 38.2. The lowest BCUT2D eigenvalue weighted by atomic mass is 9.91. The number of nitrogens with one attached hydrogen (secondary N) is 2. The Kier molecular flexibility index (Phi) is 7.38.